The maximum atomic E-state index is 13.0. The zero-order chi connectivity index (χ0) is 17.5. The van der Waals surface area contributed by atoms with Crippen LogP contribution in [0.4, 0.5) is 0 Å². The Balaban J connectivity index is 2.07. The molecule has 1 saturated carbocycles. The van der Waals surface area contributed by atoms with Crippen molar-refractivity contribution in [3.05, 3.63) is 34.3 Å². The van der Waals surface area contributed by atoms with E-state index >= 15 is 0 Å². The molecule has 1 nitrogen and oxygen atoms in total. The summed E-state index contributed by atoms with van der Waals surface area (Å²) in [6.07, 6.45) is 10.2. The molecule has 1 aliphatic carbocycles. The Hall–Kier alpha value is -0.630. The van der Waals surface area contributed by atoms with Crippen LogP contribution in [0.3, 0.4) is 0 Å². The van der Waals surface area contributed by atoms with Gasteiger partial charge in [-0.2, -0.15) is 0 Å². The molecule has 0 bridgehead atoms. The van der Waals surface area contributed by atoms with E-state index in [4.69, 9.17) is 0 Å². The molecule has 0 amide bonds. The SMILES string of the molecule is CCCCCC1CC(C)[C@H](C(=O)c2ccc(Br)cc2)CCC1CC. The monoisotopic (exact) mass is 392 g/mol. The zero-order valence-corrected chi connectivity index (χ0v) is 17.1. The van der Waals surface area contributed by atoms with Crippen LogP contribution in [0.25, 0.3) is 0 Å². The highest BCUT2D eigenvalue weighted by atomic mass is 79.9. The summed E-state index contributed by atoms with van der Waals surface area (Å²) < 4.78 is 1.04. The second kappa shape index (κ2) is 9.75. The van der Waals surface area contributed by atoms with Gasteiger partial charge in [0, 0.05) is 16.0 Å². The third kappa shape index (κ3) is 5.18. The lowest BCUT2D eigenvalue weighted by atomic mass is 9.79. The Morgan fingerprint density at radius 1 is 1.08 bits per heavy atom. The Morgan fingerprint density at radius 2 is 1.79 bits per heavy atom. The molecule has 0 N–H and O–H groups in total. The second-order valence-electron chi connectivity index (χ2n) is 7.69. The largest absolute Gasteiger partial charge is 0.294 e. The molecule has 134 valence electrons. The highest BCUT2D eigenvalue weighted by Crippen LogP contribution is 2.40. The van der Waals surface area contributed by atoms with Crippen LogP contribution in [-0.2, 0) is 0 Å². The number of hydrogen-bond acceptors (Lipinski definition) is 1. The van der Waals surface area contributed by atoms with Gasteiger partial charge in [0.1, 0.15) is 0 Å². The van der Waals surface area contributed by atoms with Crippen molar-refractivity contribution in [1.29, 1.82) is 0 Å². The van der Waals surface area contributed by atoms with E-state index in [0.29, 0.717) is 11.7 Å². The topological polar surface area (TPSA) is 17.1 Å². The van der Waals surface area contributed by atoms with Crippen LogP contribution in [0.1, 0.15) is 82.5 Å². The zero-order valence-electron chi connectivity index (χ0n) is 15.6. The van der Waals surface area contributed by atoms with E-state index in [9.17, 15) is 4.79 Å². The summed E-state index contributed by atoms with van der Waals surface area (Å²) in [5.41, 5.74) is 0.882. The van der Waals surface area contributed by atoms with Gasteiger partial charge >= 0.3 is 0 Å². The summed E-state index contributed by atoms with van der Waals surface area (Å²) >= 11 is 3.46. The molecule has 1 aromatic rings. The van der Waals surface area contributed by atoms with Crippen LogP contribution >= 0.6 is 15.9 Å². The summed E-state index contributed by atoms with van der Waals surface area (Å²) in [6, 6.07) is 7.91. The summed E-state index contributed by atoms with van der Waals surface area (Å²) in [6.45, 7) is 6.92. The molecule has 0 spiro atoms. The van der Waals surface area contributed by atoms with Crippen LogP contribution in [-0.4, -0.2) is 5.78 Å². The molecule has 0 saturated heterocycles. The molecule has 0 aliphatic heterocycles. The molecule has 1 aromatic carbocycles. The number of benzene rings is 1. The van der Waals surface area contributed by atoms with E-state index in [2.05, 4.69) is 36.7 Å². The maximum absolute atomic E-state index is 13.0. The fourth-order valence-corrected chi connectivity index (χ4v) is 4.78. The van der Waals surface area contributed by atoms with Crippen molar-refractivity contribution >= 4 is 21.7 Å². The Kier molecular flexibility index (Phi) is 8.00. The molecule has 2 heteroatoms. The summed E-state index contributed by atoms with van der Waals surface area (Å²) in [5.74, 6) is 2.70. The minimum atomic E-state index is 0.205. The van der Waals surface area contributed by atoms with E-state index in [1.807, 2.05) is 24.3 Å². The number of rotatable bonds is 7. The minimum absolute atomic E-state index is 0.205. The van der Waals surface area contributed by atoms with Crippen molar-refractivity contribution in [2.24, 2.45) is 23.7 Å². The molecule has 0 aromatic heterocycles. The molecule has 0 radical (unpaired) electrons. The van der Waals surface area contributed by atoms with Gasteiger partial charge in [-0.25, -0.2) is 0 Å². The summed E-state index contributed by atoms with van der Waals surface area (Å²) in [4.78, 5) is 13.0. The predicted molar refractivity (Wildman–Crippen MR) is 106 cm³/mol. The fourth-order valence-electron chi connectivity index (χ4n) is 4.51. The van der Waals surface area contributed by atoms with Gasteiger partial charge in [0.05, 0.1) is 0 Å². The third-order valence-corrected chi connectivity index (χ3v) is 6.57. The first-order valence-electron chi connectivity index (χ1n) is 9.86. The Morgan fingerprint density at radius 3 is 2.42 bits per heavy atom. The van der Waals surface area contributed by atoms with E-state index < -0.39 is 0 Å². The van der Waals surface area contributed by atoms with Crippen molar-refractivity contribution in [1.82, 2.24) is 0 Å². The van der Waals surface area contributed by atoms with E-state index in [1.54, 1.807) is 0 Å². The van der Waals surface area contributed by atoms with Gasteiger partial charge in [0.15, 0.2) is 5.78 Å². The molecule has 0 heterocycles. The lowest BCUT2D eigenvalue weighted by Crippen LogP contribution is -2.22. The average Bonchev–Trinajstić information content (AvgIpc) is 2.73. The van der Waals surface area contributed by atoms with Crippen LogP contribution in [0.15, 0.2) is 28.7 Å². The van der Waals surface area contributed by atoms with Gasteiger partial charge in [-0.15, -0.1) is 0 Å². The van der Waals surface area contributed by atoms with Gasteiger partial charge in [-0.3, -0.25) is 4.79 Å². The average molecular weight is 393 g/mol. The summed E-state index contributed by atoms with van der Waals surface area (Å²) in [5, 5.41) is 0. The van der Waals surface area contributed by atoms with Crippen LogP contribution in [0, 0.1) is 23.7 Å². The van der Waals surface area contributed by atoms with E-state index in [-0.39, 0.29) is 5.92 Å². The van der Waals surface area contributed by atoms with Crippen molar-refractivity contribution in [2.45, 2.75) is 72.1 Å². The number of carbonyl (C=O) groups excluding carboxylic acids is 1. The highest BCUT2D eigenvalue weighted by Gasteiger charge is 2.34. The second-order valence-corrected chi connectivity index (χ2v) is 8.61. The van der Waals surface area contributed by atoms with Gasteiger partial charge < -0.3 is 0 Å². The van der Waals surface area contributed by atoms with Gasteiger partial charge in [-0.1, -0.05) is 80.9 Å². The molecule has 2 rings (SSSR count). The normalized spacial score (nSPS) is 27.7. The minimum Gasteiger partial charge on any atom is -0.294 e. The maximum Gasteiger partial charge on any atom is 0.166 e. The van der Waals surface area contributed by atoms with Gasteiger partial charge in [0.2, 0.25) is 0 Å². The summed E-state index contributed by atoms with van der Waals surface area (Å²) in [7, 11) is 0. The van der Waals surface area contributed by atoms with Crippen LogP contribution in [0.5, 0.6) is 0 Å². The lowest BCUT2D eigenvalue weighted by molar-refractivity contribution is 0.0867. The predicted octanol–water partition coefficient (Wildman–Crippen LogP) is 7.29. The van der Waals surface area contributed by atoms with Crippen molar-refractivity contribution in [3.8, 4) is 0 Å². The lowest BCUT2D eigenvalue weighted by Gasteiger charge is -2.26. The van der Waals surface area contributed by atoms with E-state index in [0.717, 1.165) is 28.3 Å². The standard InChI is InChI=1S/C22H33BrO/c1-4-6-7-8-19-15-16(3)21(14-11-17(19)5-2)22(24)18-9-12-20(23)13-10-18/h9-10,12-13,16-17,19,21H,4-8,11,14-15H2,1-3H3/t16?,17?,19?,21-/m1/s1. The number of unbranched alkanes of at least 4 members (excludes halogenated alkanes) is 2. The highest BCUT2D eigenvalue weighted by molar-refractivity contribution is 9.10. The van der Waals surface area contributed by atoms with Crippen LogP contribution < -0.4 is 0 Å². The molecule has 4 atom stereocenters. The number of halogens is 1. The molecular weight excluding hydrogens is 360 g/mol. The van der Waals surface area contributed by atoms with Crippen molar-refractivity contribution in [3.63, 3.8) is 0 Å². The van der Waals surface area contributed by atoms with Gasteiger partial charge in [-0.05, 0) is 49.1 Å². The number of ketones is 1. The molecule has 1 fully saturated rings. The number of carbonyl (C=O) groups is 1. The molecule has 24 heavy (non-hydrogen) atoms. The number of Topliss-reactive ketones (excluding diaryl/α,β-unsaturated/α-hetero) is 1. The first-order valence-corrected chi connectivity index (χ1v) is 10.7. The van der Waals surface area contributed by atoms with Crippen molar-refractivity contribution in [2.75, 3.05) is 0 Å². The quantitative estimate of drug-likeness (QED) is 0.270. The Bertz CT molecular complexity index is 507. The third-order valence-electron chi connectivity index (χ3n) is 6.04. The Labute approximate surface area is 156 Å². The number of hydrogen-bond donors (Lipinski definition) is 0. The molecular formula is C22H33BrO. The fraction of sp³-hybridized carbons (Fsp3) is 0.682. The first kappa shape index (κ1) is 19.7. The van der Waals surface area contributed by atoms with Crippen LogP contribution in [0.2, 0.25) is 0 Å². The molecule has 3 unspecified atom stereocenters. The van der Waals surface area contributed by atoms with E-state index in [1.165, 1.54) is 44.9 Å². The van der Waals surface area contributed by atoms with Crippen molar-refractivity contribution < 1.29 is 4.79 Å². The molecule has 1 aliphatic rings. The smallest absolute Gasteiger partial charge is 0.166 e. The first-order chi connectivity index (χ1) is 11.6. The van der Waals surface area contributed by atoms with Gasteiger partial charge in [0.25, 0.3) is 0 Å².